The van der Waals surface area contributed by atoms with Crippen LogP contribution in [0.2, 0.25) is 0 Å². The topological polar surface area (TPSA) is 115 Å². The van der Waals surface area contributed by atoms with E-state index in [1.165, 1.54) is 19.2 Å². The number of benzene rings is 1. The first kappa shape index (κ1) is 21.9. The van der Waals surface area contributed by atoms with Crippen LogP contribution in [0.25, 0.3) is 0 Å². The number of esters is 3. The molecule has 1 aromatic carbocycles. The monoisotopic (exact) mass is 405 g/mol. The molecule has 1 atom stereocenters. The van der Waals surface area contributed by atoms with Crippen LogP contribution in [0.5, 0.6) is 0 Å². The molecule has 1 aliphatic rings. The summed E-state index contributed by atoms with van der Waals surface area (Å²) in [5, 5.41) is 5.64. The molecule has 0 bridgehead atoms. The molecular formula is C19H23N3O7. The van der Waals surface area contributed by atoms with E-state index in [2.05, 4.69) is 14.6 Å². The van der Waals surface area contributed by atoms with E-state index in [9.17, 15) is 19.2 Å². The van der Waals surface area contributed by atoms with Gasteiger partial charge in [-0.15, -0.1) is 0 Å². The predicted molar refractivity (Wildman–Crippen MR) is 102 cm³/mol. The lowest BCUT2D eigenvalue weighted by Crippen LogP contribution is -2.49. The Hall–Kier alpha value is -3.43. The van der Waals surface area contributed by atoms with Crippen LogP contribution < -0.4 is 5.01 Å². The lowest BCUT2D eigenvalue weighted by molar-refractivity contribution is -0.152. The van der Waals surface area contributed by atoms with Crippen LogP contribution in [0.1, 0.15) is 13.3 Å². The Morgan fingerprint density at radius 2 is 1.66 bits per heavy atom. The fourth-order valence-electron chi connectivity index (χ4n) is 2.72. The number of hydrogen-bond donors (Lipinski definition) is 0. The van der Waals surface area contributed by atoms with Crippen molar-refractivity contribution in [1.82, 2.24) is 4.90 Å². The van der Waals surface area contributed by atoms with Gasteiger partial charge in [-0.3, -0.25) is 19.4 Å². The third-order valence-electron chi connectivity index (χ3n) is 4.13. The molecule has 1 heterocycles. The van der Waals surface area contributed by atoms with Gasteiger partial charge in [0.2, 0.25) is 5.91 Å². The van der Waals surface area contributed by atoms with E-state index < -0.39 is 42.9 Å². The van der Waals surface area contributed by atoms with Gasteiger partial charge in [-0.1, -0.05) is 18.2 Å². The molecule has 0 saturated carbocycles. The maximum atomic E-state index is 13.2. The molecular weight excluding hydrogens is 382 g/mol. The summed E-state index contributed by atoms with van der Waals surface area (Å²) in [6.45, 7) is 0.939. The number of hydrogen-bond acceptors (Lipinski definition) is 9. The zero-order valence-corrected chi connectivity index (χ0v) is 16.5. The Balaban J connectivity index is 2.33. The lowest BCUT2D eigenvalue weighted by Gasteiger charge is -2.28. The van der Waals surface area contributed by atoms with Gasteiger partial charge in [0.05, 0.1) is 26.5 Å². The molecule has 1 aromatic rings. The summed E-state index contributed by atoms with van der Waals surface area (Å²) in [4.78, 5) is 49.8. The van der Waals surface area contributed by atoms with Gasteiger partial charge < -0.3 is 19.1 Å². The Bertz CT molecular complexity index is 776. The van der Waals surface area contributed by atoms with Crippen molar-refractivity contribution >= 4 is 35.2 Å². The fourth-order valence-corrected chi connectivity index (χ4v) is 2.72. The average Bonchev–Trinajstić information content (AvgIpc) is 3.18. The molecule has 29 heavy (non-hydrogen) atoms. The minimum Gasteiger partial charge on any atom is -0.468 e. The lowest BCUT2D eigenvalue weighted by atomic mass is 10.1. The SMILES string of the molecule is CCOC(=O)C1=NN(c2ccccc2)C(C(=O)N(CC(=O)OC)CC(=O)OC)C1. The number of carbonyl (C=O) groups is 4. The smallest absolute Gasteiger partial charge is 0.354 e. The molecule has 0 aliphatic carbocycles. The summed E-state index contributed by atoms with van der Waals surface area (Å²) in [5.41, 5.74) is 0.645. The number of methoxy groups -OCH3 is 2. The van der Waals surface area contributed by atoms with Gasteiger partial charge in [-0.05, 0) is 19.1 Å². The average molecular weight is 405 g/mol. The highest BCUT2D eigenvalue weighted by Gasteiger charge is 2.40. The zero-order chi connectivity index (χ0) is 21.4. The van der Waals surface area contributed by atoms with Gasteiger partial charge in [0.15, 0.2) is 0 Å². The van der Waals surface area contributed by atoms with Crippen molar-refractivity contribution in [2.75, 3.05) is 38.9 Å². The van der Waals surface area contributed by atoms with Crippen LogP contribution in [0.3, 0.4) is 0 Å². The maximum Gasteiger partial charge on any atom is 0.354 e. The van der Waals surface area contributed by atoms with Gasteiger partial charge in [0.25, 0.3) is 0 Å². The first-order chi connectivity index (χ1) is 13.9. The fraction of sp³-hybridized carbons (Fsp3) is 0.421. The number of para-hydroxylation sites is 1. The maximum absolute atomic E-state index is 13.2. The molecule has 0 fully saturated rings. The minimum absolute atomic E-state index is 0.0363. The largest absolute Gasteiger partial charge is 0.468 e. The van der Waals surface area contributed by atoms with Crippen molar-refractivity contribution in [1.29, 1.82) is 0 Å². The second-order valence-electron chi connectivity index (χ2n) is 6.01. The number of carbonyl (C=O) groups excluding carboxylic acids is 4. The molecule has 0 saturated heterocycles. The Kier molecular flexibility index (Phi) is 7.70. The number of ether oxygens (including phenoxy) is 3. The standard InChI is InChI=1S/C19H23N3O7/c1-4-29-19(26)14-10-15(22(20-14)13-8-6-5-7-9-13)18(25)21(11-16(23)27-2)12-17(24)28-3/h5-9,15H,4,10-12H2,1-3H3. The van der Waals surface area contributed by atoms with E-state index in [1.54, 1.807) is 37.3 Å². The summed E-state index contributed by atoms with van der Waals surface area (Å²) < 4.78 is 14.2. The summed E-state index contributed by atoms with van der Waals surface area (Å²) in [6.07, 6.45) is -0.0363. The minimum atomic E-state index is -0.939. The molecule has 1 aliphatic heterocycles. The molecule has 10 nitrogen and oxygen atoms in total. The Labute approximate surface area is 168 Å². The molecule has 1 unspecified atom stereocenters. The Morgan fingerprint density at radius 1 is 1.07 bits per heavy atom. The van der Waals surface area contributed by atoms with Gasteiger partial charge >= 0.3 is 17.9 Å². The highest BCUT2D eigenvalue weighted by Crippen LogP contribution is 2.26. The number of rotatable bonds is 8. The predicted octanol–water partition coefficient (Wildman–Crippen LogP) is 0.359. The second-order valence-corrected chi connectivity index (χ2v) is 6.01. The molecule has 1 amide bonds. The van der Waals surface area contributed by atoms with Gasteiger partial charge in [0, 0.05) is 6.42 Å². The van der Waals surface area contributed by atoms with Crippen molar-refractivity contribution in [3.63, 3.8) is 0 Å². The quantitative estimate of drug-likeness (QED) is 0.450. The van der Waals surface area contributed by atoms with Crippen LogP contribution >= 0.6 is 0 Å². The van der Waals surface area contributed by atoms with Crippen molar-refractivity contribution in [3.05, 3.63) is 30.3 Å². The number of hydrazone groups is 1. The Morgan fingerprint density at radius 3 is 2.17 bits per heavy atom. The van der Waals surface area contributed by atoms with Crippen LogP contribution in [0.4, 0.5) is 5.69 Å². The summed E-state index contributed by atoms with van der Waals surface area (Å²) in [7, 11) is 2.36. The first-order valence-corrected chi connectivity index (χ1v) is 8.92. The van der Waals surface area contributed by atoms with E-state index in [-0.39, 0.29) is 18.7 Å². The number of nitrogens with zero attached hydrogens (tertiary/aromatic N) is 3. The zero-order valence-electron chi connectivity index (χ0n) is 16.5. The number of anilines is 1. The van der Waals surface area contributed by atoms with E-state index in [1.807, 2.05) is 0 Å². The third-order valence-corrected chi connectivity index (χ3v) is 4.13. The molecule has 10 heteroatoms. The van der Waals surface area contributed by atoms with Gasteiger partial charge in [0.1, 0.15) is 24.8 Å². The second kappa shape index (κ2) is 10.2. The van der Waals surface area contributed by atoms with Crippen molar-refractivity contribution in [3.8, 4) is 0 Å². The van der Waals surface area contributed by atoms with E-state index in [4.69, 9.17) is 4.74 Å². The van der Waals surface area contributed by atoms with Crippen LogP contribution in [0.15, 0.2) is 35.4 Å². The normalized spacial score (nSPS) is 15.3. The molecule has 2 rings (SSSR count). The molecule has 0 spiro atoms. The van der Waals surface area contributed by atoms with Crippen molar-refractivity contribution < 1.29 is 33.4 Å². The highest BCUT2D eigenvalue weighted by atomic mass is 16.5. The highest BCUT2D eigenvalue weighted by molar-refractivity contribution is 6.38. The first-order valence-electron chi connectivity index (χ1n) is 8.92. The van der Waals surface area contributed by atoms with E-state index in [0.717, 1.165) is 4.90 Å². The summed E-state index contributed by atoms with van der Waals surface area (Å²) >= 11 is 0. The van der Waals surface area contributed by atoms with Crippen molar-refractivity contribution in [2.24, 2.45) is 5.10 Å². The van der Waals surface area contributed by atoms with Gasteiger partial charge in [-0.25, -0.2) is 4.79 Å². The third kappa shape index (κ3) is 5.53. The van der Waals surface area contributed by atoms with E-state index >= 15 is 0 Å². The number of amides is 1. The van der Waals surface area contributed by atoms with E-state index in [0.29, 0.717) is 5.69 Å². The molecule has 0 aromatic heterocycles. The summed E-state index contributed by atoms with van der Waals surface area (Å²) in [6, 6.07) is 7.83. The molecule has 0 N–H and O–H groups in total. The van der Waals surface area contributed by atoms with Crippen LogP contribution in [-0.4, -0.2) is 74.4 Å². The van der Waals surface area contributed by atoms with Crippen LogP contribution in [-0.2, 0) is 33.4 Å². The van der Waals surface area contributed by atoms with Crippen LogP contribution in [0, 0.1) is 0 Å². The molecule has 0 radical (unpaired) electrons. The van der Waals surface area contributed by atoms with Crippen molar-refractivity contribution in [2.45, 2.75) is 19.4 Å². The molecule has 156 valence electrons. The van der Waals surface area contributed by atoms with Gasteiger partial charge in [-0.2, -0.15) is 5.10 Å². The summed E-state index contributed by atoms with van der Waals surface area (Å²) in [5.74, 6) is -2.60.